The van der Waals surface area contributed by atoms with Gasteiger partial charge in [0.2, 0.25) is 0 Å². The number of nitrogen functional groups attached to an aromatic ring is 1. The molecule has 5 N–H and O–H groups in total. The van der Waals surface area contributed by atoms with E-state index in [9.17, 15) is 15.3 Å². The van der Waals surface area contributed by atoms with E-state index in [0.29, 0.717) is 24.0 Å². The Kier molecular flexibility index (Phi) is 2.39. The topological polar surface area (TPSA) is 140 Å². The number of nitrogens with zero attached hydrogens (tertiary/aromatic N) is 4. The van der Waals surface area contributed by atoms with Crippen molar-refractivity contribution in [3.63, 3.8) is 0 Å². The molecule has 0 aromatic carbocycles. The first-order valence-electron chi connectivity index (χ1n) is 6.66. The predicted molar refractivity (Wildman–Crippen MR) is 69.9 cm³/mol. The van der Waals surface area contributed by atoms with Crippen LogP contribution in [0.4, 0.5) is 5.82 Å². The normalized spacial score (nSPS) is 38.4. The van der Waals surface area contributed by atoms with Crippen molar-refractivity contribution in [2.75, 3.05) is 12.3 Å². The third-order valence-electron chi connectivity index (χ3n) is 4.64. The summed E-state index contributed by atoms with van der Waals surface area (Å²) in [7, 11) is 0. The smallest absolute Gasteiger partial charge is 0.179 e. The van der Waals surface area contributed by atoms with E-state index in [-0.39, 0.29) is 12.4 Å². The van der Waals surface area contributed by atoms with Gasteiger partial charge in [-0.05, 0) is 6.42 Å². The highest BCUT2D eigenvalue weighted by molar-refractivity contribution is 5.81. The largest absolute Gasteiger partial charge is 0.394 e. The SMILES string of the molecule is Nc1ncnc2c1ncn2[C@@]12CC[C@@]1(O)[C@H](O)[C@@H](CO)O2. The van der Waals surface area contributed by atoms with Crippen LogP contribution in [0.25, 0.3) is 11.2 Å². The molecular formula is C12H15N5O4. The summed E-state index contributed by atoms with van der Waals surface area (Å²) in [6, 6.07) is 0. The van der Waals surface area contributed by atoms with E-state index in [0.717, 1.165) is 0 Å². The molecule has 0 radical (unpaired) electrons. The zero-order valence-corrected chi connectivity index (χ0v) is 11.0. The van der Waals surface area contributed by atoms with Crippen LogP contribution in [0.3, 0.4) is 0 Å². The minimum absolute atomic E-state index is 0.232. The Morgan fingerprint density at radius 2 is 2.19 bits per heavy atom. The lowest BCUT2D eigenvalue weighted by Crippen LogP contribution is -2.65. The lowest BCUT2D eigenvalue weighted by Gasteiger charge is -2.51. The molecule has 0 bridgehead atoms. The van der Waals surface area contributed by atoms with Crippen LogP contribution in [0.1, 0.15) is 12.8 Å². The van der Waals surface area contributed by atoms with Gasteiger partial charge in [0.25, 0.3) is 0 Å². The molecule has 4 atom stereocenters. The molecule has 1 aliphatic carbocycles. The van der Waals surface area contributed by atoms with Gasteiger partial charge in [0, 0.05) is 6.42 Å². The number of aromatic nitrogens is 4. The van der Waals surface area contributed by atoms with E-state index >= 15 is 0 Å². The average molecular weight is 293 g/mol. The second-order valence-electron chi connectivity index (χ2n) is 5.54. The molecule has 1 saturated carbocycles. The Morgan fingerprint density at radius 3 is 2.86 bits per heavy atom. The van der Waals surface area contributed by atoms with Crippen LogP contribution in [0.5, 0.6) is 0 Å². The Balaban J connectivity index is 1.91. The summed E-state index contributed by atoms with van der Waals surface area (Å²) in [5.41, 5.74) is 3.93. The fourth-order valence-electron chi connectivity index (χ4n) is 3.40. The van der Waals surface area contributed by atoms with Gasteiger partial charge in [-0.1, -0.05) is 0 Å². The van der Waals surface area contributed by atoms with E-state index in [1.807, 2.05) is 0 Å². The van der Waals surface area contributed by atoms with Crippen LogP contribution in [-0.4, -0.2) is 59.3 Å². The van der Waals surface area contributed by atoms with Crippen LogP contribution < -0.4 is 5.73 Å². The van der Waals surface area contributed by atoms with Crippen molar-refractivity contribution in [1.29, 1.82) is 0 Å². The first-order chi connectivity index (χ1) is 10.0. The van der Waals surface area contributed by atoms with Crippen LogP contribution in [-0.2, 0) is 10.5 Å². The summed E-state index contributed by atoms with van der Waals surface area (Å²) in [5, 5.41) is 30.3. The van der Waals surface area contributed by atoms with Crippen LogP contribution in [0.15, 0.2) is 12.7 Å². The molecule has 0 amide bonds. The lowest BCUT2D eigenvalue weighted by molar-refractivity contribution is -0.258. The van der Waals surface area contributed by atoms with E-state index < -0.39 is 23.5 Å². The minimum atomic E-state index is -1.48. The summed E-state index contributed by atoms with van der Waals surface area (Å²) in [6.07, 6.45) is 1.59. The number of imidazole rings is 1. The molecule has 1 aliphatic heterocycles. The summed E-state index contributed by atoms with van der Waals surface area (Å²) in [5.74, 6) is 0.232. The number of aliphatic hydroxyl groups is 3. The van der Waals surface area contributed by atoms with Gasteiger partial charge < -0.3 is 25.8 Å². The molecule has 0 unspecified atom stereocenters. The highest BCUT2D eigenvalue weighted by Crippen LogP contribution is 2.57. The fraction of sp³-hybridized carbons (Fsp3) is 0.583. The Morgan fingerprint density at radius 1 is 1.38 bits per heavy atom. The molecule has 3 heterocycles. The van der Waals surface area contributed by atoms with Gasteiger partial charge in [0.05, 0.1) is 12.9 Å². The number of ether oxygens (including phenoxy) is 1. The first kappa shape index (κ1) is 12.9. The van der Waals surface area contributed by atoms with Gasteiger partial charge in [0.1, 0.15) is 29.7 Å². The third kappa shape index (κ3) is 1.32. The molecule has 0 spiro atoms. The Labute approximate surface area is 119 Å². The monoisotopic (exact) mass is 293 g/mol. The molecule has 2 aromatic heterocycles. The number of fused-ring (bicyclic) bond motifs is 2. The van der Waals surface area contributed by atoms with Crippen molar-refractivity contribution >= 4 is 17.0 Å². The molecule has 4 rings (SSSR count). The van der Waals surface area contributed by atoms with Gasteiger partial charge in [-0.2, -0.15) is 0 Å². The van der Waals surface area contributed by atoms with Crippen molar-refractivity contribution in [3.8, 4) is 0 Å². The molecular weight excluding hydrogens is 278 g/mol. The second kappa shape index (κ2) is 3.89. The highest BCUT2D eigenvalue weighted by atomic mass is 16.6. The quantitative estimate of drug-likeness (QED) is 0.516. The molecule has 112 valence electrons. The Bertz CT molecular complexity index is 721. The Hall–Kier alpha value is -1.81. The van der Waals surface area contributed by atoms with Gasteiger partial charge in [0.15, 0.2) is 17.2 Å². The standard InChI is InChI=1S/C12H15N5O4/c13-9-7-10(15-4-14-9)17(5-16-7)12-2-1-11(12,20)8(19)6(3-18)21-12/h4-6,8,18-20H,1-3H2,(H2,13,14,15)/t6-,8-,11-,12-/m1/s1. The van der Waals surface area contributed by atoms with Crippen molar-refractivity contribution < 1.29 is 20.1 Å². The van der Waals surface area contributed by atoms with Crippen molar-refractivity contribution in [1.82, 2.24) is 19.5 Å². The zero-order chi connectivity index (χ0) is 14.8. The molecule has 9 nitrogen and oxygen atoms in total. The van der Waals surface area contributed by atoms with Crippen molar-refractivity contribution in [3.05, 3.63) is 12.7 Å². The third-order valence-corrected chi connectivity index (χ3v) is 4.64. The second-order valence-corrected chi connectivity index (χ2v) is 5.54. The summed E-state index contributed by atoms with van der Waals surface area (Å²) >= 11 is 0. The molecule has 9 heteroatoms. The predicted octanol–water partition coefficient (Wildman–Crippen LogP) is -1.66. The maximum Gasteiger partial charge on any atom is 0.179 e. The zero-order valence-electron chi connectivity index (χ0n) is 11.0. The van der Waals surface area contributed by atoms with Crippen molar-refractivity contribution in [2.24, 2.45) is 0 Å². The van der Waals surface area contributed by atoms with Crippen LogP contribution in [0, 0.1) is 0 Å². The number of rotatable bonds is 2. The van der Waals surface area contributed by atoms with E-state index in [2.05, 4.69) is 15.0 Å². The van der Waals surface area contributed by atoms with Gasteiger partial charge in [-0.25, -0.2) is 15.0 Å². The summed E-state index contributed by atoms with van der Waals surface area (Å²) in [6.45, 7) is -0.380. The molecule has 2 aliphatic rings. The molecule has 2 fully saturated rings. The maximum atomic E-state index is 10.8. The minimum Gasteiger partial charge on any atom is -0.394 e. The first-order valence-corrected chi connectivity index (χ1v) is 6.66. The maximum absolute atomic E-state index is 10.8. The van der Waals surface area contributed by atoms with E-state index in [1.165, 1.54) is 12.7 Å². The number of nitrogens with two attached hydrogens (primary N) is 1. The van der Waals surface area contributed by atoms with Gasteiger partial charge in [-0.3, -0.25) is 4.57 Å². The number of aliphatic hydroxyl groups excluding tert-OH is 2. The molecule has 1 saturated heterocycles. The van der Waals surface area contributed by atoms with E-state index in [1.54, 1.807) is 4.57 Å². The summed E-state index contributed by atoms with van der Waals surface area (Å²) in [4.78, 5) is 12.2. The molecule has 21 heavy (non-hydrogen) atoms. The van der Waals surface area contributed by atoms with E-state index in [4.69, 9.17) is 10.5 Å². The highest BCUT2D eigenvalue weighted by Gasteiger charge is 2.72. The fourth-order valence-corrected chi connectivity index (χ4v) is 3.40. The number of hydrogen-bond acceptors (Lipinski definition) is 8. The number of anilines is 1. The summed E-state index contributed by atoms with van der Waals surface area (Å²) < 4.78 is 7.35. The van der Waals surface area contributed by atoms with Crippen LogP contribution in [0.2, 0.25) is 0 Å². The van der Waals surface area contributed by atoms with Crippen molar-refractivity contribution in [2.45, 2.75) is 36.4 Å². The van der Waals surface area contributed by atoms with Gasteiger partial charge in [-0.15, -0.1) is 0 Å². The van der Waals surface area contributed by atoms with Gasteiger partial charge >= 0.3 is 0 Å². The average Bonchev–Trinajstić information content (AvgIpc) is 2.96. The molecule has 2 aromatic rings. The lowest BCUT2D eigenvalue weighted by atomic mass is 9.68. The van der Waals surface area contributed by atoms with Crippen LogP contribution >= 0.6 is 0 Å². The number of hydrogen-bond donors (Lipinski definition) is 4.